The lowest BCUT2D eigenvalue weighted by molar-refractivity contribution is -0.385. The Balaban J connectivity index is 2.31. The average Bonchev–Trinajstić information content (AvgIpc) is 2.41. The van der Waals surface area contributed by atoms with Crippen LogP contribution in [0, 0.1) is 24.0 Å². The number of hydrogen-bond acceptors (Lipinski definition) is 6. The number of nitrogens with zero attached hydrogens (tertiary/aromatic N) is 3. The van der Waals surface area contributed by atoms with Gasteiger partial charge in [0, 0.05) is 18.7 Å². The van der Waals surface area contributed by atoms with E-state index in [-0.39, 0.29) is 5.69 Å². The molecule has 1 N–H and O–H groups in total. The molecular weight excluding hydrogens is 260 g/mol. The lowest BCUT2D eigenvalue weighted by Crippen LogP contribution is -2.00. The first-order valence-electron chi connectivity index (χ1n) is 5.95. The van der Waals surface area contributed by atoms with E-state index in [2.05, 4.69) is 15.3 Å². The van der Waals surface area contributed by atoms with Gasteiger partial charge in [-0.05, 0) is 26.0 Å². The molecule has 20 heavy (non-hydrogen) atoms. The Morgan fingerprint density at radius 2 is 2.05 bits per heavy atom. The Hall–Kier alpha value is -2.70. The molecule has 1 aromatic heterocycles. The van der Waals surface area contributed by atoms with E-state index >= 15 is 0 Å². The van der Waals surface area contributed by atoms with E-state index in [0.717, 1.165) is 5.56 Å². The highest BCUT2D eigenvalue weighted by Crippen LogP contribution is 2.29. The maximum Gasteiger partial charge on any atom is 0.272 e. The number of anilines is 1. The van der Waals surface area contributed by atoms with Crippen LogP contribution in [0.2, 0.25) is 0 Å². The van der Waals surface area contributed by atoms with E-state index in [4.69, 9.17) is 4.74 Å². The molecule has 0 radical (unpaired) electrons. The van der Waals surface area contributed by atoms with Crippen molar-refractivity contribution in [1.29, 1.82) is 0 Å². The minimum Gasteiger partial charge on any atom is -0.439 e. The molecule has 0 aliphatic carbocycles. The third-order valence-electron chi connectivity index (χ3n) is 2.85. The fraction of sp³-hybridized carbons (Fsp3) is 0.231. The standard InChI is InChI=1S/C13H14N4O3/c1-8-6-10(4-5-11(8)17(18)19)20-13-9(2)12(14-3)15-7-16-13/h4-7H,1-3H3,(H,14,15,16). The van der Waals surface area contributed by atoms with Gasteiger partial charge in [0.05, 0.1) is 10.5 Å². The minimum atomic E-state index is -0.422. The van der Waals surface area contributed by atoms with Crippen molar-refractivity contribution in [2.75, 3.05) is 12.4 Å². The number of nitro benzene ring substituents is 1. The SMILES string of the molecule is CNc1ncnc(Oc2ccc([N+](=O)[O-])c(C)c2)c1C. The largest absolute Gasteiger partial charge is 0.439 e. The van der Waals surface area contributed by atoms with Gasteiger partial charge in [-0.15, -0.1) is 0 Å². The fourth-order valence-corrected chi connectivity index (χ4v) is 1.80. The molecule has 2 aromatic rings. The molecule has 0 saturated carbocycles. The van der Waals surface area contributed by atoms with Gasteiger partial charge in [0.15, 0.2) is 0 Å². The quantitative estimate of drug-likeness (QED) is 0.681. The summed E-state index contributed by atoms with van der Waals surface area (Å²) < 4.78 is 5.65. The lowest BCUT2D eigenvalue weighted by atomic mass is 10.2. The molecule has 0 saturated heterocycles. The molecule has 0 bridgehead atoms. The first-order chi connectivity index (χ1) is 9.52. The van der Waals surface area contributed by atoms with Crippen LogP contribution in [0.3, 0.4) is 0 Å². The zero-order valence-corrected chi connectivity index (χ0v) is 11.4. The van der Waals surface area contributed by atoms with Crippen LogP contribution in [0.1, 0.15) is 11.1 Å². The first kappa shape index (κ1) is 13.7. The average molecular weight is 274 g/mol. The summed E-state index contributed by atoms with van der Waals surface area (Å²) in [6, 6.07) is 4.57. The van der Waals surface area contributed by atoms with Crippen molar-refractivity contribution in [2.24, 2.45) is 0 Å². The van der Waals surface area contributed by atoms with E-state index in [0.29, 0.717) is 23.0 Å². The molecule has 1 heterocycles. The summed E-state index contributed by atoms with van der Waals surface area (Å²) in [5.74, 6) is 1.59. The molecule has 7 heteroatoms. The molecule has 0 atom stereocenters. The maximum absolute atomic E-state index is 10.8. The van der Waals surface area contributed by atoms with E-state index < -0.39 is 4.92 Å². The monoisotopic (exact) mass is 274 g/mol. The van der Waals surface area contributed by atoms with Gasteiger partial charge in [0.1, 0.15) is 17.9 Å². The highest BCUT2D eigenvalue weighted by molar-refractivity contribution is 5.49. The fourth-order valence-electron chi connectivity index (χ4n) is 1.80. The van der Waals surface area contributed by atoms with Crippen molar-refractivity contribution in [3.8, 4) is 11.6 Å². The first-order valence-corrected chi connectivity index (χ1v) is 5.95. The molecule has 0 spiro atoms. The van der Waals surface area contributed by atoms with Crippen molar-refractivity contribution < 1.29 is 9.66 Å². The summed E-state index contributed by atoms with van der Waals surface area (Å²) in [6.45, 7) is 3.50. The van der Waals surface area contributed by atoms with Crippen molar-refractivity contribution in [2.45, 2.75) is 13.8 Å². The van der Waals surface area contributed by atoms with E-state index in [9.17, 15) is 10.1 Å². The number of aryl methyl sites for hydroxylation is 1. The van der Waals surface area contributed by atoms with Gasteiger partial charge in [-0.2, -0.15) is 0 Å². The molecule has 0 unspecified atom stereocenters. The zero-order valence-electron chi connectivity index (χ0n) is 11.4. The predicted octanol–water partition coefficient (Wildman–Crippen LogP) is 2.84. The van der Waals surface area contributed by atoms with Gasteiger partial charge in [-0.3, -0.25) is 10.1 Å². The number of rotatable bonds is 4. The molecule has 0 aliphatic heterocycles. The molecule has 0 fully saturated rings. The summed E-state index contributed by atoms with van der Waals surface area (Å²) in [5.41, 5.74) is 1.37. The van der Waals surface area contributed by atoms with Gasteiger partial charge in [0.2, 0.25) is 5.88 Å². The van der Waals surface area contributed by atoms with Gasteiger partial charge >= 0.3 is 0 Å². The molecule has 7 nitrogen and oxygen atoms in total. The zero-order chi connectivity index (χ0) is 14.7. The van der Waals surface area contributed by atoms with Crippen LogP contribution in [0.25, 0.3) is 0 Å². The Bertz CT molecular complexity index is 658. The van der Waals surface area contributed by atoms with Gasteiger partial charge < -0.3 is 10.1 Å². The second-order valence-electron chi connectivity index (χ2n) is 4.21. The molecular formula is C13H14N4O3. The van der Waals surface area contributed by atoms with Gasteiger partial charge in [-0.1, -0.05) is 0 Å². The van der Waals surface area contributed by atoms with Crippen molar-refractivity contribution >= 4 is 11.5 Å². The number of hydrogen-bond donors (Lipinski definition) is 1. The summed E-state index contributed by atoms with van der Waals surface area (Å²) in [7, 11) is 1.76. The second kappa shape index (κ2) is 5.52. The van der Waals surface area contributed by atoms with Crippen LogP contribution < -0.4 is 10.1 Å². The van der Waals surface area contributed by atoms with Gasteiger partial charge in [-0.25, -0.2) is 9.97 Å². The number of benzene rings is 1. The Morgan fingerprint density at radius 1 is 1.30 bits per heavy atom. The number of ether oxygens (including phenoxy) is 1. The highest BCUT2D eigenvalue weighted by atomic mass is 16.6. The third kappa shape index (κ3) is 2.66. The Morgan fingerprint density at radius 3 is 2.65 bits per heavy atom. The Labute approximate surface area is 115 Å². The molecule has 1 aromatic carbocycles. The van der Waals surface area contributed by atoms with Crippen LogP contribution in [-0.4, -0.2) is 21.9 Å². The summed E-state index contributed by atoms with van der Waals surface area (Å²) in [5, 5.41) is 13.7. The minimum absolute atomic E-state index is 0.0627. The number of aromatic nitrogens is 2. The normalized spacial score (nSPS) is 10.2. The summed E-state index contributed by atoms with van der Waals surface area (Å²) in [6.07, 6.45) is 1.40. The van der Waals surface area contributed by atoms with Crippen molar-refractivity contribution in [1.82, 2.24) is 9.97 Å². The van der Waals surface area contributed by atoms with Crippen LogP contribution >= 0.6 is 0 Å². The Kier molecular flexibility index (Phi) is 3.79. The topological polar surface area (TPSA) is 90.2 Å². The van der Waals surface area contributed by atoms with E-state index in [1.165, 1.54) is 12.4 Å². The predicted molar refractivity (Wildman–Crippen MR) is 74.2 cm³/mol. The van der Waals surface area contributed by atoms with E-state index in [1.807, 2.05) is 6.92 Å². The van der Waals surface area contributed by atoms with Crippen molar-refractivity contribution in [3.05, 3.63) is 45.8 Å². The van der Waals surface area contributed by atoms with Crippen LogP contribution in [-0.2, 0) is 0 Å². The van der Waals surface area contributed by atoms with E-state index in [1.54, 1.807) is 26.1 Å². The second-order valence-corrected chi connectivity index (χ2v) is 4.21. The third-order valence-corrected chi connectivity index (χ3v) is 2.85. The smallest absolute Gasteiger partial charge is 0.272 e. The van der Waals surface area contributed by atoms with Crippen LogP contribution in [0.4, 0.5) is 11.5 Å². The summed E-state index contributed by atoms with van der Waals surface area (Å²) in [4.78, 5) is 18.5. The molecule has 0 aliphatic rings. The van der Waals surface area contributed by atoms with Crippen LogP contribution in [0.5, 0.6) is 11.6 Å². The maximum atomic E-state index is 10.8. The highest BCUT2D eigenvalue weighted by Gasteiger charge is 2.13. The van der Waals surface area contributed by atoms with Gasteiger partial charge in [0.25, 0.3) is 5.69 Å². The van der Waals surface area contributed by atoms with Crippen molar-refractivity contribution in [3.63, 3.8) is 0 Å². The molecule has 0 amide bonds. The molecule has 104 valence electrons. The number of nitro groups is 1. The summed E-state index contributed by atoms with van der Waals surface area (Å²) >= 11 is 0. The molecule has 2 rings (SSSR count). The lowest BCUT2D eigenvalue weighted by Gasteiger charge is -2.10. The number of nitrogens with one attached hydrogen (secondary N) is 1. The van der Waals surface area contributed by atoms with Crippen LogP contribution in [0.15, 0.2) is 24.5 Å².